The first-order chi connectivity index (χ1) is 8.04. The maximum atomic E-state index is 5.59. The number of aryl methyl sites for hydroxylation is 1. The molecule has 0 aliphatic heterocycles. The van der Waals surface area contributed by atoms with Crippen molar-refractivity contribution in [2.45, 2.75) is 13.3 Å². The van der Waals surface area contributed by atoms with Crippen LogP contribution < -0.4 is 10.6 Å². The third-order valence-electron chi connectivity index (χ3n) is 3.06. The molecule has 0 radical (unpaired) electrons. The van der Waals surface area contributed by atoms with Crippen molar-refractivity contribution in [2.24, 2.45) is 5.73 Å². The highest BCUT2D eigenvalue weighted by Crippen LogP contribution is 2.18. The summed E-state index contributed by atoms with van der Waals surface area (Å²) >= 11 is 0. The van der Waals surface area contributed by atoms with Crippen molar-refractivity contribution in [1.82, 2.24) is 4.90 Å². The zero-order valence-electron chi connectivity index (χ0n) is 11.5. The third kappa shape index (κ3) is 4.36. The minimum Gasteiger partial charge on any atom is -0.373 e. The molecule has 0 heterocycles. The number of hydrogen-bond donors (Lipinski definition) is 1. The fourth-order valence-electron chi connectivity index (χ4n) is 1.83. The Kier molecular flexibility index (Phi) is 5.45. The minimum absolute atomic E-state index is 0.719. The number of benzene rings is 1. The van der Waals surface area contributed by atoms with E-state index in [4.69, 9.17) is 5.73 Å². The number of hydrogen-bond acceptors (Lipinski definition) is 3. The highest BCUT2D eigenvalue weighted by molar-refractivity contribution is 5.50. The molecular formula is C14H25N3. The summed E-state index contributed by atoms with van der Waals surface area (Å²) in [6, 6.07) is 6.64. The van der Waals surface area contributed by atoms with Gasteiger partial charge in [0.2, 0.25) is 0 Å². The van der Waals surface area contributed by atoms with Crippen LogP contribution in [0, 0.1) is 6.92 Å². The van der Waals surface area contributed by atoms with E-state index in [-0.39, 0.29) is 0 Å². The molecule has 0 bridgehead atoms. The maximum absolute atomic E-state index is 5.59. The van der Waals surface area contributed by atoms with E-state index in [1.807, 2.05) is 0 Å². The molecule has 0 unspecified atom stereocenters. The summed E-state index contributed by atoms with van der Waals surface area (Å²) in [4.78, 5) is 4.49. The molecule has 1 aromatic rings. The van der Waals surface area contributed by atoms with Crippen LogP contribution in [-0.4, -0.2) is 45.7 Å². The molecule has 3 nitrogen and oxygen atoms in total. The van der Waals surface area contributed by atoms with Crippen LogP contribution in [0.25, 0.3) is 0 Å². The summed E-state index contributed by atoms with van der Waals surface area (Å²) in [7, 11) is 6.34. The zero-order chi connectivity index (χ0) is 12.8. The van der Waals surface area contributed by atoms with Gasteiger partial charge in [0.15, 0.2) is 0 Å². The van der Waals surface area contributed by atoms with Crippen LogP contribution in [0.4, 0.5) is 5.69 Å². The molecule has 0 spiro atoms. The molecule has 0 amide bonds. The molecule has 0 aliphatic rings. The first-order valence-electron chi connectivity index (χ1n) is 6.20. The Bertz CT molecular complexity index is 347. The minimum atomic E-state index is 0.719. The SMILES string of the molecule is Cc1cc(N(C)CCN(C)C)ccc1CCN. The predicted molar refractivity (Wildman–Crippen MR) is 75.8 cm³/mol. The summed E-state index contributed by atoms with van der Waals surface area (Å²) in [5.41, 5.74) is 9.57. The van der Waals surface area contributed by atoms with Gasteiger partial charge in [-0.25, -0.2) is 0 Å². The Balaban J connectivity index is 2.68. The van der Waals surface area contributed by atoms with Gasteiger partial charge >= 0.3 is 0 Å². The highest BCUT2D eigenvalue weighted by Gasteiger charge is 2.04. The van der Waals surface area contributed by atoms with Gasteiger partial charge < -0.3 is 15.5 Å². The quantitative estimate of drug-likeness (QED) is 0.811. The van der Waals surface area contributed by atoms with Crippen molar-refractivity contribution in [3.05, 3.63) is 29.3 Å². The van der Waals surface area contributed by atoms with Gasteiger partial charge in [-0.2, -0.15) is 0 Å². The second-order valence-corrected chi connectivity index (χ2v) is 4.87. The normalized spacial score (nSPS) is 10.9. The lowest BCUT2D eigenvalue weighted by Crippen LogP contribution is -2.28. The largest absolute Gasteiger partial charge is 0.373 e. The number of rotatable bonds is 6. The lowest BCUT2D eigenvalue weighted by atomic mass is 10.0. The van der Waals surface area contributed by atoms with E-state index in [2.05, 4.69) is 56.1 Å². The van der Waals surface area contributed by atoms with Crippen molar-refractivity contribution < 1.29 is 0 Å². The van der Waals surface area contributed by atoms with Crippen LogP contribution in [0.15, 0.2) is 18.2 Å². The van der Waals surface area contributed by atoms with Crippen LogP contribution in [-0.2, 0) is 6.42 Å². The van der Waals surface area contributed by atoms with Gasteiger partial charge in [-0.3, -0.25) is 0 Å². The standard InChI is InChI=1S/C14H25N3/c1-12-11-14(6-5-13(12)7-8-15)17(4)10-9-16(2)3/h5-6,11H,7-10,15H2,1-4H3. The summed E-state index contributed by atoms with van der Waals surface area (Å²) in [5, 5.41) is 0. The first-order valence-corrected chi connectivity index (χ1v) is 6.20. The molecule has 0 atom stereocenters. The molecule has 0 fully saturated rings. The highest BCUT2D eigenvalue weighted by atomic mass is 15.1. The Morgan fingerprint density at radius 3 is 2.35 bits per heavy atom. The van der Waals surface area contributed by atoms with E-state index in [1.54, 1.807) is 0 Å². The Hall–Kier alpha value is -1.06. The lowest BCUT2D eigenvalue weighted by Gasteiger charge is -2.22. The van der Waals surface area contributed by atoms with Crippen LogP contribution in [0.2, 0.25) is 0 Å². The zero-order valence-corrected chi connectivity index (χ0v) is 11.5. The molecule has 1 aromatic carbocycles. The molecule has 3 heteroatoms. The Labute approximate surface area is 105 Å². The molecule has 0 saturated carbocycles. The maximum Gasteiger partial charge on any atom is 0.0366 e. The van der Waals surface area contributed by atoms with E-state index in [1.165, 1.54) is 16.8 Å². The summed E-state index contributed by atoms with van der Waals surface area (Å²) in [6.07, 6.45) is 0.966. The predicted octanol–water partition coefficient (Wildman–Crippen LogP) is 1.49. The molecule has 17 heavy (non-hydrogen) atoms. The van der Waals surface area contributed by atoms with Crippen LogP contribution >= 0.6 is 0 Å². The van der Waals surface area contributed by atoms with Gasteiger partial charge in [-0.1, -0.05) is 6.07 Å². The van der Waals surface area contributed by atoms with Crippen molar-refractivity contribution >= 4 is 5.69 Å². The molecule has 2 N–H and O–H groups in total. The second-order valence-electron chi connectivity index (χ2n) is 4.87. The van der Waals surface area contributed by atoms with Crippen LogP contribution in [0.3, 0.4) is 0 Å². The smallest absolute Gasteiger partial charge is 0.0366 e. The molecule has 1 rings (SSSR count). The van der Waals surface area contributed by atoms with E-state index < -0.39 is 0 Å². The van der Waals surface area contributed by atoms with Gasteiger partial charge in [0.25, 0.3) is 0 Å². The lowest BCUT2D eigenvalue weighted by molar-refractivity contribution is 0.416. The number of likely N-dealkylation sites (N-methyl/N-ethyl adjacent to an activating group) is 2. The molecule has 0 aromatic heterocycles. The monoisotopic (exact) mass is 235 g/mol. The van der Waals surface area contributed by atoms with E-state index in [0.29, 0.717) is 0 Å². The van der Waals surface area contributed by atoms with Crippen molar-refractivity contribution in [2.75, 3.05) is 45.7 Å². The fraction of sp³-hybridized carbons (Fsp3) is 0.571. The number of anilines is 1. The van der Waals surface area contributed by atoms with Gasteiger partial charge in [-0.15, -0.1) is 0 Å². The van der Waals surface area contributed by atoms with Gasteiger partial charge in [0.1, 0.15) is 0 Å². The van der Waals surface area contributed by atoms with E-state index in [0.717, 1.165) is 26.1 Å². The summed E-state index contributed by atoms with van der Waals surface area (Å²) < 4.78 is 0. The molecule has 96 valence electrons. The average Bonchev–Trinajstić information content (AvgIpc) is 2.28. The summed E-state index contributed by atoms with van der Waals surface area (Å²) in [6.45, 7) is 4.99. The topological polar surface area (TPSA) is 32.5 Å². The van der Waals surface area contributed by atoms with E-state index >= 15 is 0 Å². The number of nitrogens with two attached hydrogens (primary N) is 1. The van der Waals surface area contributed by atoms with Crippen molar-refractivity contribution in [3.8, 4) is 0 Å². The van der Waals surface area contributed by atoms with Crippen molar-refractivity contribution in [3.63, 3.8) is 0 Å². The van der Waals surface area contributed by atoms with Crippen molar-refractivity contribution in [1.29, 1.82) is 0 Å². The van der Waals surface area contributed by atoms with Crippen LogP contribution in [0.1, 0.15) is 11.1 Å². The molecular weight excluding hydrogens is 210 g/mol. The fourth-order valence-corrected chi connectivity index (χ4v) is 1.83. The Morgan fingerprint density at radius 1 is 1.12 bits per heavy atom. The first kappa shape index (κ1) is 14.0. The average molecular weight is 235 g/mol. The van der Waals surface area contributed by atoms with E-state index in [9.17, 15) is 0 Å². The van der Waals surface area contributed by atoms with Crippen LogP contribution in [0.5, 0.6) is 0 Å². The van der Waals surface area contributed by atoms with Gasteiger partial charge in [0, 0.05) is 25.8 Å². The van der Waals surface area contributed by atoms with Gasteiger partial charge in [0.05, 0.1) is 0 Å². The third-order valence-corrected chi connectivity index (χ3v) is 3.06. The number of nitrogens with zero attached hydrogens (tertiary/aromatic N) is 2. The molecule has 0 saturated heterocycles. The van der Waals surface area contributed by atoms with Gasteiger partial charge in [-0.05, 0) is 57.2 Å². The Morgan fingerprint density at radius 2 is 1.82 bits per heavy atom. The molecule has 0 aliphatic carbocycles. The second kappa shape index (κ2) is 6.62. The summed E-state index contributed by atoms with van der Waals surface area (Å²) in [5.74, 6) is 0.